The smallest absolute Gasteiger partial charge is 0.254 e. The first-order valence-corrected chi connectivity index (χ1v) is 8.74. The summed E-state index contributed by atoms with van der Waals surface area (Å²) in [6.07, 6.45) is 3.72. The van der Waals surface area contributed by atoms with Crippen molar-refractivity contribution >= 4 is 16.8 Å². The number of piperazine rings is 1. The van der Waals surface area contributed by atoms with Gasteiger partial charge in [0.2, 0.25) is 0 Å². The molecule has 0 radical (unpaired) electrons. The van der Waals surface area contributed by atoms with Crippen molar-refractivity contribution in [3.63, 3.8) is 0 Å². The van der Waals surface area contributed by atoms with Crippen LogP contribution in [0.5, 0.6) is 0 Å². The molecule has 1 aliphatic rings. The standard InChI is InChI=1S/C20H22N4O/c1-15(18-6-2-3-9-21-18)23-11-13-24(14-12-23)20(25)17-5-4-7-19-16(17)8-10-22-19/h2-10,15,22H,11-14H2,1H3. The van der Waals surface area contributed by atoms with E-state index in [0.29, 0.717) is 0 Å². The minimum atomic E-state index is 0.121. The average Bonchev–Trinajstić information content (AvgIpc) is 3.16. The summed E-state index contributed by atoms with van der Waals surface area (Å²) in [6, 6.07) is 14.1. The van der Waals surface area contributed by atoms with Gasteiger partial charge in [-0.1, -0.05) is 12.1 Å². The third kappa shape index (κ3) is 3.03. The molecule has 128 valence electrons. The molecule has 1 fully saturated rings. The summed E-state index contributed by atoms with van der Waals surface area (Å²) in [5.41, 5.74) is 2.87. The minimum Gasteiger partial charge on any atom is -0.361 e. The number of hydrogen-bond donors (Lipinski definition) is 1. The van der Waals surface area contributed by atoms with Crippen molar-refractivity contribution in [2.24, 2.45) is 0 Å². The average molecular weight is 334 g/mol. The van der Waals surface area contributed by atoms with E-state index in [0.717, 1.165) is 48.3 Å². The molecule has 3 aromatic rings. The van der Waals surface area contributed by atoms with E-state index < -0.39 is 0 Å². The third-order valence-corrected chi connectivity index (χ3v) is 5.09. The highest BCUT2D eigenvalue weighted by Gasteiger charge is 2.26. The Balaban J connectivity index is 1.45. The second kappa shape index (κ2) is 6.69. The first-order chi connectivity index (χ1) is 12.2. The minimum absolute atomic E-state index is 0.121. The summed E-state index contributed by atoms with van der Waals surface area (Å²) in [4.78, 5) is 24.9. The van der Waals surface area contributed by atoms with Crippen molar-refractivity contribution in [1.29, 1.82) is 0 Å². The molecule has 1 saturated heterocycles. The zero-order valence-corrected chi connectivity index (χ0v) is 14.4. The van der Waals surface area contributed by atoms with Gasteiger partial charge in [0.25, 0.3) is 5.91 Å². The molecule has 5 heteroatoms. The van der Waals surface area contributed by atoms with Gasteiger partial charge < -0.3 is 9.88 Å². The van der Waals surface area contributed by atoms with Gasteiger partial charge >= 0.3 is 0 Å². The molecule has 1 unspecified atom stereocenters. The maximum Gasteiger partial charge on any atom is 0.254 e. The number of nitrogens with one attached hydrogen (secondary N) is 1. The highest BCUT2D eigenvalue weighted by atomic mass is 16.2. The lowest BCUT2D eigenvalue weighted by Gasteiger charge is -2.38. The summed E-state index contributed by atoms with van der Waals surface area (Å²) < 4.78 is 0. The Morgan fingerprint density at radius 3 is 2.68 bits per heavy atom. The van der Waals surface area contributed by atoms with Crippen LogP contribution in [0.15, 0.2) is 54.9 Å². The number of benzene rings is 1. The van der Waals surface area contributed by atoms with Gasteiger partial charge in [-0.05, 0) is 37.3 Å². The van der Waals surface area contributed by atoms with Crippen LogP contribution in [0.25, 0.3) is 10.9 Å². The van der Waals surface area contributed by atoms with Gasteiger partial charge in [-0.3, -0.25) is 14.7 Å². The Hall–Kier alpha value is -2.66. The number of aromatic nitrogens is 2. The molecule has 1 aromatic carbocycles. The van der Waals surface area contributed by atoms with Crippen LogP contribution in [-0.4, -0.2) is 51.9 Å². The number of aromatic amines is 1. The van der Waals surface area contributed by atoms with E-state index in [2.05, 4.69) is 27.9 Å². The van der Waals surface area contributed by atoms with Crippen LogP contribution in [0.3, 0.4) is 0 Å². The van der Waals surface area contributed by atoms with E-state index in [4.69, 9.17) is 0 Å². The number of amides is 1. The number of rotatable bonds is 3. The number of carbonyl (C=O) groups excluding carboxylic acids is 1. The largest absolute Gasteiger partial charge is 0.361 e. The summed E-state index contributed by atoms with van der Waals surface area (Å²) in [6.45, 7) is 5.41. The number of hydrogen-bond acceptors (Lipinski definition) is 3. The van der Waals surface area contributed by atoms with Crippen LogP contribution in [0.4, 0.5) is 0 Å². The highest BCUT2D eigenvalue weighted by Crippen LogP contribution is 2.22. The maximum absolute atomic E-state index is 12.9. The molecule has 1 aliphatic heterocycles. The Bertz CT molecular complexity index is 866. The van der Waals surface area contributed by atoms with Gasteiger partial charge in [-0.2, -0.15) is 0 Å². The molecule has 0 bridgehead atoms. The SMILES string of the molecule is CC(c1ccccn1)N1CCN(C(=O)c2cccc3[nH]ccc23)CC1. The predicted molar refractivity (Wildman–Crippen MR) is 98.4 cm³/mol. The molecule has 1 amide bonds. The van der Waals surface area contributed by atoms with Crippen LogP contribution in [0.2, 0.25) is 0 Å². The lowest BCUT2D eigenvalue weighted by atomic mass is 10.1. The Kier molecular flexibility index (Phi) is 4.24. The van der Waals surface area contributed by atoms with Crippen LogP contribution in [0, 0.1) is 0 Å². The van der Waals surface area contributed by atoms with Crippen molar-refractivity contribution in [3.05, 3.63) is 66.1 Å². The highest BCUT2D eigenvalue weighted by molar-refractivity contribution is 6.06. The lowest BCUT2D eigenvalue weighted by molar-refractivity contribution is 0.0581. The van der Waals surface area contributed by atoms with Crippen molar-refractivity contribution < 1.29 is 4.79 Å². The van der Waals surface area contributed by atoms with Gasteiger partial charge in [-0.25, -0.2) is 0 Å². The number of carbonyl (C=O) groups is 1. The summed E-state index contributed by atoms with van der Waals surface area (Å²) in [5.74, 6) is 0.121. The molecular formula is C20H22N4O. The van der Waals surface area contributed by atoms with Gasteiger partial charge in [0.1, 0.15) is 0 Å². The zero-order valence-electron chi connectivity index (χ0n) is 14.4. The molecule has 4 rings (SSSR count). The van der Waals surface area contributed by atoms with Crippen molar-refractivity contribution in [2.75, 3.05) is 26.2 Å². The quantitative estimate of drug-likeness (QED) is 0.801. The van der Waals surface area contributed by atoms with E-state index >= 15 is 0 Å². The molecule has 3 heterocycles. The number of fused-ring (bicyclic) bond motifs is 1. The Morgan fingerprint density at radius 1 is 1.08 bits per heavy atom. The van der Waals surface area contributed by atoms with Crippen LogP contribution >= 0.6 is 0 Å². The number of nitrogens with zero attached hydrogens (tertiary/aromatic N) is 3. The molecule has 0 aliphatic carbocycles. The molecule has 0 spiro atoms. The number of H-pyrrole nitrogens is 1. The molecule has 0 saturated carbocycles. The second-order valence-electron chi connectivity index (χ2n) is 6.50. The predicted octanol–water partition coefficient (Wildman–Crippen LogP) is 3.08. The van der Waals surface area contributed by atoms with Gasteiger partial charge in [0.05, 0.1) is 5.69 Å². The number of pyridine rings is 1. The lowest BCUT2D eigenvalue weighted by Crippen LogP contribution is -2.49. The fourth-order valence-corrected chi connectivity index (χ4v) is 3.56. The Morgan fingerprint density at radius 2 is 1.92 bits per heavy atom. The van der Waals surface area contributed by atoms with E-state index in [1.54, 1.807) is 0 Å². The van der Waals surface area contributed by atoms with E-state index in [1.807, 2.05) is 53.7 Å². The second-order valence-corrected chi connectivity index (χ2v) is 6.50. The third-order valence-electron chi connectivity index (χ3n) is 5.09. The van der Waals surface area contributed by atoms with E-state index in [9.17, 15) is 4.79 Å². The van der Waals surface area contributed by atoms with Gasteiger partial charge in [-0.15, -0.1) is 0 Å². The molecule has 5 nitrogen and oxygen atoms in total. The van der Waals surface area contributed by atoms with Crippen molar-refractivity contribution in [1.82, 2.24) is 19.8 Å². The molecular weight excluding hydrogens is 312 g/mol. The van der Waals surface area contributed by atoms with Gasteiger partial charge in [0, 0.05) is 61.1 Å². The fourth-order valence-electron chi connectivity index (χ4n) is 3.56. The molecule has 25 heavy (non-hydrogen) atoms. The summed E-state index contributed by atoms with van der Waals surface area (Å²) in [7, 11) is 0. The van der Waals surface area contributed by atoms with Crippen molar-refractivity contribution in [3.8, 4) is 0 Å². The first-order valence-electron chi connectivity index (χ1n) is 8.74. The summed E-state index contributed by atoms with van der Waals surface area (Å²) >= 11 is 0. The van der Waals surface area contributed by atoms with Gasteiger partial charge in [0.15, 0.2) is 0 Å². The molecule has 2 aromatic heterocycles. The topological polar surface area (TPSA) is 52.2 Å². The zero-order chi connectivity index (χ0) is 17.2. The fraction of sp³-hybridized carbons (Fsp3) is 0.300. The van der Waals surface area contributed by atoms with Crippen LogP contribution in [-0.2, 0) is 0 Å². The van der Waals surface area contributed by atoms with E-state index in [-0.39, 0.29) is 11.9 Å². The monoisotopic (exact) mass is 334 g/mol. The normalized spacial score (nSPS) is 16.9. The maximum atomic E-state index is 12.9. The molecule has 1 atom stereocenters. The summed E-state index contributed by atoms with van der Waals surface area (Å²) in [5, 5.41) is 0.997. The van der Waals surface area contributed by atoms with E-state index in [1.165, 1.54) is 0 Å². The Labute approximate surface area is 147 Å². The molecule has 1 N–H and O–H groups in total. The first kappa shape index (κ1) is 15.8. The van der Waals surface area contributed by atoms with Crippen LogP contribution in [0.1, 0.15) is 29.0 Å². The van der Waals surface area contributed by atoms with Crippen LogP contribution < -0.4 is 0 Å². The van der Waals surface area contributed by atoms with Crippen molar-refractivity contribution in [2.45, 2.75) is 13.0 Å².